The Balaban J connectivity index is 2.15. The third-order valence-electron chi connectivity index (χ3n) is 4.49. The lowest BCUT2D eigenvalue weighted by atomic mass is 9.94. The lowest BCUT2D eigenvalue weighted by molar-refractivity contribution is -0.136. The molecule has 28 heavy (non-hydrogen) atoms. The Bertz CT molecular complexity index is 976. The Morgan fingerprint density at radius 3 is 2.64 bits per heavy atom. The van der Waals surface area contributed by atoms with Crippen molar-refractivity contribution in [3.63, 3.8) is 0 Å². The van der Waals surface area contributed by atoms with Crippen LogP contribution in [0.3, 0.4) is 0 Å². The molecular weight excluding hydrogens is 444 g/mol. The number of carbonyl (C=O) groups excluding carboxylic acids is 1. The van der Waals surface area contributed by atoms with Crippen molar-refractivity contribution < 1.29 is 19.4 Å². The molecule has 8 heteroatoms. The molecule has 1 heterocycles. The van der Waals surface area contributed by atoms with E-state index in [1.165, 1.54) is 20.3 Å². The fraction of sp³-hybridized carbons (Fsp3) is 0.200. The monoisotopic (exact) mass is 462 g/mol. The largest absolute Gasteiger partial charge is 0.504 e. The van der Waals surface area contributed by atoms with Gasteiger partial charge in [-0.25, -0.2) is 4.79 Å². The number of carbonyl (C=O) groups is 1. The van der Waals surface area contributed by atoms with E-state index in [0.717, 1.165) is 10.2 Å². The number of nitrogens with zero attached hydrogens (tertiary/aromatic N) is 1. The summed E-state index contributed by atoms with van der Waals surface area (Å²) in [4.78, 5) is 14.4. The number of phenols is 1. The second-order valence-corrected chi connectivity index (χ2v) is 7.42. The van der Waals surface area contributed by atoms with Gasteiger partial charge in [0.25, 0.3) is 0 Å². The molecule has 2 N–H and O–H groups in total. The van der Waals surface area contributed by atoms with Gasteiger partial charge in [0.2, 0.25) is 0 Å². The van der Waals surface area contributed by atoms with Gasteiger partial charge in [0.15, 0.2) is 16.6 Å². The van der Waals surface area contributed by atoms with Gasteiger partial charge in [0, 0.05) is 15.9 Å². The van der Waals surface area contributed by atoms with Gasteiger partial charge in [0.1, 0.15) is 0 Å². The molecule has 0 amide bonds. The maximum Gasteiger partial charge on any atom is 0.337 e. The standard InChI is InChI=1S/C20H19BrN2O4S/c1-11-17(19(25)27-3)18(12-7-8-15(24)16(9-12)26-2)22-20(28)23(11)14-6-4-5-13(21)10-14/h4-10,18,24H,1-3H3,(H,22,28)/t18-/m1/s1. The molecule has 0 aromatic heterocycles. The van der Waals surface area contributed by atoms with E-state index in [9.17, 15) is 9.90 Å². The van der Waals surface area contributed by atoms with Gasteiger partial charge in [-0.2, -0.15) is 0 Å². The van der Waals surface area contributed by atoms with Gasteiger partial charge in [-0.3, -0.25) is 4.90 Å². The second kappa shape index (κ2) is 8.20. The number of thiocarbonyl (C=S) groups is 1. The van der Waals surface area contributed by atoms with E-state index in [2.05, 4.69) is 21.2 Å². The van der Waals surface area contributed by atoms with Crippen LogP contribution >= 0.6 is 28.1 Å². The first kappa shape index (κ1) is 20.2. The minimum absolute atomic E-state index is 0.0146. The number of halogens is 1. The molecule has 0 aliphatic carbocycles. The average molecular weight is 463 g/mol. The number of anilines is 1. The Morgan fingerprint density at radius 1 is 1.25 bits per heavy atom. The molecule has 0 saturated heterocycles. The summed E-state index contributed by atoms with van der Waals surface area (Å²) in [6, 6.07) is 12.0. The maximum absolute atomic E-state index is 12.7. The number of nitrogens with one attached hydrogen (secondary N) is 1. The minimum Gasteiger partial charge on any atom is -0.504 e. The summed E-state index contributed by atoms with van der Waals surface area (Å²) in [6.07, 6.45) is 0. The number of benzene rings is 2. The molecule has 1 aliphatic heterocycles. The summed E-state index contributed by atoms with van der Waals surface area (Å²) >= 11 is 9.06. The predicted molar refractivity (Wildman–Crippen MR) is 114 cm³/mol. The van der Waals surface area contributed by atoms with Crippen molar-refractivity contribution in [3.05, 3.63) is 63.8 Å². The fourth-order valence-electron chi connectivity index (χ4n) is 3.17. The smallest absolute Gasteiger partial charge is 0.337 e. The van der Waals surface area contributed by atoms with E-state index in [1.54, 1.807) is 17.0 Å². The van der Waals surface area contributed by atoms with E-state index in [1.807, 2.05) is 31.2 Å². The molecule has 0 spiro atoms. The molecule has 0 unspecified atom stereocenters. The van der Waals surface area contributed by atoms with Crippen LogP contribution in [-0.2, 0) is 9.53 Å². The maximum atomic E-state index is 12.7. The molecule has 0 fully saturated rings. The van der Waals surface area contributed by atoms with Crippen molar-refractivity contribution >= 4 is 44.9 Å². The molecule has 6 nitrogen and oxygen atoms in total. The third-order valence-corrected chi connectivity index (χ3v) is 5.29. The first-order chi connectivity index (χ1) is 13.4. The van der Waals surface area contributed by atoms with Crippen molar-refractivity contribution in [2.75, 3.05) is 19.1 Å². The van der Waals surface area contributed by atoms with Gasteiger partial charge < -0.3 is 19.9 Å². The third kappa shape index (κ3) is 3.70. The molecule has 0 radical (unpaired) electrons. The fourth-order valence-corrected chi connectivity index (χ4v) is 3.91. The minimum atomic E-state index is -0.544. The Morgan fingerprint density at radius 2 is 2.00 bits per heavy atom. The Labute approximate surface area is 176 Å². The number of esters is 1. The van der Waals surface area contributed by atoms with Crippen molar-refractivity contribution in [1.29, 1.82) is 0 Å². The number of ether oxygens (including phenoxy) is 2. The topological polar surface area (TPSA) is 71.0 Å². The Kier molecular flexibility index (Phi) is 5.90. The number of aromatic hydroxyl groups is 1. The highest BCUT2D eigenvalue weighted by atomic mass is 79.9. The van der Waals surface area contributed by atoms with Crippen LogP contribution in [0.2, 0.25) is 0 Å². The molecule has 3 rings (SSSR count). The summed E-state index contributed by atoms with van der Waals surface area (Å²) in [6.45, 7) is 1.82. The Hall–Kier alpha value is -2.58. The van der Waals surface area contributed by atoms with E-state index in [4.69, 9.17) is 21.7 Å². The van der Waals surface area contributed by atoms with Crippen molar-refractivity contribution in [2.24, 2.45) is 0 Å². The number of allylic oxidation sites excluding steroid dienone is 1. The first-order valence-corrected chi connectivity index (χ1v) is 9.59. The van der Waals surface area contributed by atoms with Crippen LogP contribution < -0.4 is 15.0 Å². The van der Waals surface area contributed by atoms with Gasteiger partial charge in [-0.15, -0.1) is 0 Å². The number of rotatable bonds is 4. The molecular formula is C20H19BrN2O4S. The number of methoxy groups -OCH3 is 2. The average Bonchev–Trinajstić information content (AvgIpc) is 2.67. The number of phenolic OH excluding ortho intramolecular Hbond substituents is 1. The molecule has 146 valence electrons. The van der Waals surface area contributed by atoms with Crippen LogP contribution in [0.1, 0.15) is 18.5 Å². The quantitative estimate of drug-likeness (QED) is 0.524. The second-order valence-electron chi connectivity index (χ2n) is 6.12. The van der Waals surface area contributed by atoms with Crippen molar-refractivity contribution in [2.45, 2.75) is 13.0 Å². The molecule has 1 atom stereocenters. The zero-order valence-corrected chi connectivity index (χ0v) is 17.9. The predicted octanol–water partition coefficient (Wildman–Crippen LogP) is 4.05. The summed E-state index contributed by atoms with van der Waals surface area (Å²) in [5.41, 5.74) is 2.60. The molecule has 0 saturated carbocycles. The van der Waals surface area contributed by atoms with Crippen LogP contribution in [0, 0.1) is 0 Å². The summed E-state index contributed by atoms with van der Waals surface area (Å²) in [5, 5.41) is 13.5. The summed E-state index contributed by atoms with van der Waals surface area (Å²) in [5.74, 6) is -0.147. The van der Waals surface area contributed by atoms with Crippen LogP contribution in [0.4, 0.5) is 5.69 Å². The molecule has 1 aliphatic rings. The SMILES string of the molecule is COC(=O)C1=C(C)N(c2cccc(Br)c2)C(=S)N[C@@H]1c1ccc(O)c(OC)c1. The van der Waals surface area contributed by atoms with Gasteiger partial charge in [-0.1, -0.05) is 28.1 Å². The number of hydrogen-bond donors (Lipinski definition) is 2. The zero-order valence-electron chi connectivity index (χ0n) is 15.5. The van der Waals surface area contributed by atoms with Crippen molar-refractivity contribution in [1.82, 2.24) is 5.32 Å². The van der Waals surface area contributed by atoms with E-state index >= 15 is 0 Å². The molecule has 2 aromatic carbocycles. The normalized spacial score (nSPS) is 16.6. The van der Waals surface area contributed by atoms with Crippen LogP contribution in [0.5, 0.6) is 11.5 Å². The van der Waals surface area contributed by atoms with E-state index in [0.29, 0.717) is 27.7 Å². The lowest BCUT2D eigenvalue weighted by Crippen LogP contribution is -2.48. The van der Waals surface area contributed by atoms with E-state index in [-0.39, 0.29) is 5.75 Å². The highest BCUT2D eigenvalue weighted by molar-refractivity contribution is 9.10. The zero-order chi connectivity index (χ0) is 20.4. The first-order valence-electron chi connectivity index (χ1n) is 8.39. The van der Waals surface area contributed by atoms with Crippen LogP contribution in [0.25, 0.3) is 0 Å². The van der Waals surface area contributed by atoms with Crippen LogP contribution in [-0.4, -0.2) is 30.4 Å². The van der Waals surface area contributed by atoms with E-state index < -0.39 is 12.0 Å². The van der Waals surface area contributed by atoms with Gasteiger partial charge in [-0.05, 0) is 55.0 Å². The summed E-state index contributed by atoms with van der Waals surface area (Å²) in [7, 11) is 2.81. The highest BCUT2D eigenvalue weighted by Gasteiger charge is 2.35. The van der Waals surface area contributed by atoms with Crippen molar-refractivity contribution in [3.8, 4) is 11.5 Å². The molecule has 2 aromatic rings. The van der Waals surface area contributed by atoms with Gasteiger partial charge in [0.05, 0.1) is 25.8 Å². The number of hydrogen-bond acceptors (Lipinski definition) is 5. The van der Waals surface area contributed by atoms with Crippen LogP contribution in [0.15, 0.2) is 58.2 Å². The van der Waals surface area contributed by atoms with Gasteiger partial charge >= 0.3 is 5.97 Å². The molecule has 0 bridgehead atoms. The highest BCUT2D eigenvalue weighted by Crippen LogP contribution is 2.37. The summed E-state index contributed by atoms with van der Waals surface area (Å²) < 4.78 is 11.1. The lowest BCUT2D eigenvalue weighted by Gasteiger charge is -2.37.